The van der Waals surface area contributed by atoms with Gasteiger partial charge in [0.1, 0.15) is 0 Å². The van der Waals surface area contributed by atoms with Crippen LogP contribution in [0.5, 0.6) is 0 Å². The minimum atomic E-state index is -1.55. The highest BCUT2D eigenvalue weighted by molar-refractivity contribution is 6.40. The highest BCUT2D eigenvalue weighted by atomic mass is 35.5. The van der Waals surface area contributed by atoms with E-state index in [1.54, 1.807) is 20.8 Å². The van der Waals surface area contributed by atoms with Gasteiger partial charge in [-0.2, -0.15) is 0 Å². The van der Waals surface area contributed by atoms with Crippen LogP contribution in [0.4, 0.5) is 11.4 Å². The number of hydrogen-bond donors (Lipinski definition) is 0. The number of benzene rings is 2. The molecule has 2 bridgehead atoms. The van der Waals surface area contributed by atoms with E-state index in [-0.39, 0.29) is 33.6 Å². The number of amides is 4. The van der Waals surface area contributed by atoms with Crippen molar-refractivity contribution in [3.05, 3.63) is 67.6 Å². The smallest absolute Gasteiger partial charge is 0.334 e. The second-order valence-corrected chi connectivity index (χ2v) is 12.5. The molecule has 3 fully saturated rings. The summed E-state index contributed by atoms with van der Waals surface area (Å²) in [6.45, 7) is 4.96. The number of halogens is 4. The predicted molar refractivity (Wildman–Crippen MR) is 153 cm³/mol. The molecule has 4 amide bonds. The maximum Gasteiger partial charge on any atom is 0.334 e. The number of nitrogens with zero attached hydrogens (tertiary/aromatic N) is 2. The van der Waals surface area contributed by atoms with Crippen molar-refractivity contribution in [1.82, 2.24) is 0 Å². The second kappa shape index (κ2) is 9.56. The molecule has 8 nitrogen and oxygen atoms in total. The normalized spacial score (nSPS) is 30.4. The molecule has 3 aliphatic carbocycles. The third kappa shape index (κ3) is 3.63. The number of rotatable bonds is 4. The van der Waals surface area contributed by atoms with E-state index in [0.29, 0.717) is 15.6 Å². The van der Waals surface area contributed by atoms with Crippen molar-refractivity contribution in [2.24, 2.45) is 35.0 Å². The van der Waals surface area contributed by atoms with Gasteiger partial charge in [0.25, 0.3) is 0 Å². The average Bonchev–Trinajstić information content (AvgIpc) is 3.31. The summed E-state index contributed by atoms with van der Waals surface area (Å²) in [5.74, 6) is -8.28. The zero-order valence-electron chi connectivity index (χ0n) is 21.9. The van der Waals surface area contributed by atoms with Crippen LogP contribution in [0.2, 0.25) is 20.1 Å². The van der Waals surface area contributed by atoms with Crippen LogP contribution in [0.25, 0.3) is 0 Å². The molecule has 0 radical (unpaired) electrons. The molecule has 2 aliphatic heterocycles. The van der Waals surface area contributed by atoms with E-state index in [1.807, 2.05) is 0 Å². The summed E-state index contributed by atoms with van der Waals surface area (Å²) in [6, 6.07) is 8.78. The summed E-state index contributed by atoms with van der Waals surface area (Å²) in [7, 11) is 0. The molecule has 4 atom stereocenters. The van der Waals surface area contributed by atoms with Gasteiger partial charge in [-0.05, 0) is 50.2 Å². The van der Waals surface area contributed by atoms with Crippen LogP contribution in [0.3, 0.4) is 0 Å². The van der Waals surface area contributed by atoms with E-state index in [9.17, 15) is 24.0 Å². The van der Waals surface area contributed by atoms with Gasteiger partial charge in [-0.15, -0.1) is 0 Å². The van der Waals surface area contributed by atoms with Crippen molar-refractivity contribution >= 4 is 87.4 Å². The van der Waals surface area contributed by atoms with Crippen molar-refractivity contribution in [3.8, 4) is 0 Å². The molecule has 0 aromatic heterocycles. The SMILES string of the molecule is CCOC(=O)C1=C(C)C2[C@H]3C(=O)N(c4ccc(Cl)cc4Cl)C(=O)[C@@H]3C1(C)[C@H]1C(=O)N(c3ccc(Cl)cc3Cl)C(=O)[C@H]21. The number of imide groups is 2. The van der Waals surface area contributed by atoms with Gasteiger partial charge in [0, 0.05) is 27.0 Å². The van der Waals surface area contributed by atoms with Crippen molar-refractivity contribution in [2.45, 2.75) is 20.8 Å². The monoisotopic (exact) mass is 634 g/mol. The summed E-state index contributed by atoms with van der Waals surface area (Å²) in [4.78, 5) is 72.1. The van der Waals surface area contributed by atoms with Crippen molar-refractivity contribution in [3.63, 3.8) is 0 Å². The lowest BCUT2D eigenvalue weighted by Crippen LogP contribution is -2.61. The highest BCUT2D eigenvalue weighted by Crippen LogP contribution is 2.69. The largest absolute Gasteiger partial charge is 0.463 e. The number of allylic oxidation sites excluding steroid dienone is 1. The van der Waals surface area contributed by atoms with Gasteiger partial charge < -0.3 is 4.74 Å². The number of ether oxygens (including phenoxy) is 1. The van der Waals surface area contributed by atoms with Gasteiger partial charge in [-0.3, -0.25) is 19.2 Å². The third-order valence-corrected chi connectivity index (χ3v) is 10.1. The Kier molecular flexibility index (Phi) is 6.58. The molecule has 2 saturated heterocycles. The Balaban J connectivity index is 1.55. The molecule has 0 unspecified atom stereocenters. The van der Waals surface area contributed by atoms with Crippen LogP contribution in [0, 0.1) is 35.0 Å². The van der Waals surface area contributed by atoms with Gasteiger partial charge in [0.15, 0.2) is 0 Å². The highest BCUT2D eigenvalue weighted by Gasteiger charge is 2.77. The summed E-state index contributed by atoms with van der Waals surface area (Å²) in [5, 5.41) is 0.801. The molecule has 12 heteroatoms. The Morgan fingerprint density at radius 1 is 0.780 bits per heavy atom. The number of carbonyl (C=O) groups excluding carboxylic acids is 5. The first kappa shape index (κ1) is 28.2. The number of hydrogen-bond acceptors (Lipinski definition) is 6. The number of esters is 1. The first-order valence-electron chi connectivity index (χ1n) is 12.9. The maximum atomic E-state index is 14.2. The zero-order valence-corrected chi connectivity index (χ0v) is 24.9. The Morgan fingerprint density at radius 2 is 1.22 bits per heavy atom. The average molecular weight is 636 g/mol. The van der Waals surface area contributed by atoms with Crippen molar-refractivity contribution < 1.29 is 28.7 Å². The Bertz CT molecular complexity index is 1540. The summed E-state index contributed by atoms with van der Waals surface area (Å²) in [5.41, 5.74) is -0.695. The lowest BCUT2D eigenvalue weighted by Gasteiger charge is -2.55. The molecule has 2 heterocycles. The van der Waals surface area contributed by atoms with Crippen LogP contribution in [0.15, 0.2) is 47.5 Å². The van der Waals surface area contributed by atoms with Gasteiger partial charge in [-0.1, -0.05) is 58.9 Å². The van der Waals surface area contributed by atoms with Gasteiger partial charge >= 0.3 is 5.97 Å². The fourth-order valence-corrected chi connectivity index (χ4v) is 8.60. The van der Waals surface area contributed by atoms with E-state index in [4.69, 9.17) is 51.1 Å². The summed E-state index contributed by atoms with van der Waals surface area (Å²) in [6.07, 6.45) is 0. The first-order chi connectivity index (χ1) is 19.4. The fraction of sp³-hybridized carbons (Fsp3) is 0.345. The molecular weight excluding hydrogens is 614 g/mol. The van der Waals surface area contributed by atoms with E-state index in [1.165, 1.54) is 36.4 Å². The number of anilines is 2. The molecule has 41 heavy (non-hydrogen) atoms. The molecule has 2 aromatic carbocycles. The molecule has 7 rings (SSSR count). The molecule has 212 valence electrons. The maximum absolute atomic E-state index is 14.2. The minimum absolute atomic E-state index is 0.0529. The Labute approximate surface area is 255 Å². The predicted octanol–water partition coefficient (Wildman–Crippen LogP) is 5.74. The van der Waals surface area contributed by atoms with Gasteiger partial charge in [0.05, 0.1) is 51.7 Å². The molecule has 0 spiro atoms. The van der Waals surface area contributed by atoms with Crippen molar-refractivity contribution in [1.29, 1.82) is 0 Å². The standard InChI is InChI=1S/C29H22Cl4N2O6/c1-4-41-28(40)21-11(2)18-19-22(26(38)34(24(19)36)16-7-5-12(30)9-14(16)32)29(21,3)23-20(18)25(37)35(27(23)39)17-8-6-13(31)10-15(17)33/h5-10,18-20,22-23H,4H2,1-3H3/t18?,19-,20-,22-,23-,29?/m1/s1. The zero-order chi connectivity index (χ0) is 29.7. The lowest BCUT2D eigenvalue weighted by molar-refractivity contribution is -0.155. The van der Waals surface area contributed by atoms with Crippen LogP contribution >= 0.6 is 46.4 Å². The molecule has 1 saturated carbocycles. The van der Waals surface area contributed by atoms with E-state index in [0.717, 1.165) is 9.80 Å². The van der Waals surface area contributed by atoms with Crippen LogP contribution < -0.4 is 9.80 Å². The topological polar surface area (TPSA) is 101 Å². The molecule has 0 N–H and O–H groups in total. The molecule has 5 aliphatic rings. The third-order valence-electron chi connectivity index (χ3n) is 8.98. The summed E-state index contributed by atoms with van der Waals surface area (Å²) < 4.78 is 5.39. The number of carbonyl (C=O) groups is 5. The molecular formula is C29H22Cl4N2O6. The van der Waals surface area contributed by atoms with Crippen LogP contribution in [0.1, 0.15) is 20.8 Å². The first-order valence-corrected chi connectivity index (χ1v) is 14.4. The van der Waals surface area contributed by atoms with Crippen molar-refractivity contribution in [2.75, 3.05) is 16.4 Å². The molecule has 2 aromatic rings. The minimum Gasteiger partial charge on any atom is -0.463 e. The lowest BCUT2D eigenvalue weighted by atomic mass is 9.43. The van der Waals surface area contributed by atoms with E-state index < -0.39 is 64.6 Å². The second-order valence-electron chi connectivity index (χ2n) is 10.8. The Hall–Kier alpha value is -2.91. The Morgan fingerprint density at radius 3 is 1.61 bits per heavy atom. The summed E-state index contributed by atoms with van der Waals surface area (Å²) >= 11 is 24.9. The van der Waals surface area contributed by atoms with Crippen LogP contribution in [-0.4, -0.2) is 36.2 Å². The van der Waals surface area contributed by atoms with E-state index in [2.05, 4.69) is 0 Å². The quantitative estimate of drug-likeness (QED) is 0.314. The fourth-order valence-electron chi connectivity index (χ4n) is 7.61. The van der Waals surface area contributed by atoms with Gasteiger partial charge in [0.2, 0.25) is 23.6 Å². The van der Waals surface area contributed by atoms with Gasteiger partial charge in [-0.25, -0.2) is 14.6 Å². The van der Waals surface area contributed by atoms with Crippen LogP contribution in [-0.2, 0) is 28.7 Å². The van der Waals surface area contributed by atoms with E-state index >= 15 is 0 Å².